The van der Waals surface area contributed by atoms with Crippen molar-refractivity contribution in [3.8, 4) is 5.75 Å². The zero-order valence-corrected chi connectivity index (χ0v) is 8.95. The first-order valence-electron chi connectivity index (χ1n) is 5.32. The summed E-state index contributed by atoms with van der Waals surface area (Å²) in [7, 11) is 0. The van der Waals surface area contributed by atoms with Crippen molar-refractivity contribution in [1.82, 2.24) is 0 Å². The van der Waals surface area contributed by atoms with Gasteiger partial charge in [0, 0.05) is 19.0 Å². The SMILES string of the molecule is Oc1ccc(CCN=CC2C=CC=N2)cc1. The van der Waals surface area contributed by atoms with E-state index in [1.165, 1.54) is 5.56 Å². The van der Waals surface area contributed by atoms with Crippen molar-refractivity contribution in [2.24, 2.45) is 9.98 Å². The van der Waals surface area contributed by atoms with Gasteiger partial charge in [0.15, 0.2) is 0 Å². The average molecular weight is 214 g/mol. The highest BCUT2D eigenvalue weighted by Gasteiger charge is 1.98. The van der Waals surface area contributed by atoms with Gasteiger partial charge in [0.05, 0.1) is 0 Å². The lowest BCUT2D eigenvalue weighted by atomic mass is 10.1. The van der Waals surface area contributed by atoms with Crippen LogP contribution in [-0.2, 0) is 6.42 Å². The summed E-state index contributed by atoms with van der Waals surface area (Å²) in [5.41, 5.74) is 1.18. The monoisotopic (exact) mass is 214 g/mol. The van der Waals surface area contributed by atoms with Crippen molar-refractivity contribution in [3.05, 3.63) is 42.0 Å². The Hall–Kier alpha value is -1.90. The standard InChI is InChI=1S/C13H14N2O/c16-13-5-3-11(4-6-13)7-9-14-10-12-2-1-8-15-12/h1-6,8,10,12,16H,7,9H2. The summed E-state index contributed by atoms with van der Waals surface area (Å²) in [6.07, 6.45) is 8.47. The zero-order chi connectivity index (χ0) is 11.2. The maximum absolute atomic E-state index is 9.12. The van der Waals surface area contributed by atoms with Crippen LogP contribution >= 0.6 is 0 Å². The molecule has 0 amide bonds. The third-order valence-electron chi connectivity index (χ3n) is 2.38. The highest BCUT2D eigenvalue weighted by atomic mass is 16.3. The molecule has 0 aliphatic carbocycles. The van der Waals surface area contributed by atoms with Gasteiger partial charge in [0.25, 0.3) is 0 Å². The lowest BCUT2D eigenvalue weighted by Gasteiger charge is -1.99. The molecule has 1 atom stereocenters. The molecule has 1 heterocycles. The minimum absolute atomic E-state index is 0.125. The van der Waals surface area contributed by atoms with E-state index in [9.17, 15) is 0 Å². The van der Waals surface area contributed by atoms with Gasteiger partial charge in [-0.15, -0.1) is 0 Å². The van der Waals surface area contributed by atoms with Crippen LogP contribution in [-0.4, -0.2) is 30.1 Å². The Morgan fingerprint density at radius 3 is 2.81 bits per heavy atom. The van der Waals surface area contributed by atoms with E-state index in [-0.39, 0.29) is 6.04 Å². The number of allylic oxidation sites excluding steroid dienone is 1. The van der Waals surface area contributed by atoms with Gasteiger partial charge in [0.2, 0.25) is 0 Å². The molecule has 1 aromatic carbocycles. The van der Waals surface area contributed by atoms with Gasteiger partial charge in [-0.1, -0.05) is 18.2 Å². The van der Waals surface area contributed by atoms with Gasteiger partial charge in [0.1, 0.15) is 11.8 Å². The Bertz CT molecular complexity index is 406. The molecule has 3 heteroatoms. The molecule has 2 rings (SSSR count). The van der Waals surface area contributed by atoms with E-state index in [0.717, 1.165) is 13.0 Å². The van der Waals surface area contributed by atoms with E-state index < -0.39 is 0 Å². The Labute approximate surface area is 94.9 Å². The number of nitrogens with zero attached hydrogens (tertiary/aromatic N) is 2. The molecular weight excluding hydrogens is 200 g/mol. The molecule has 1 aliphatic rings. The summed E-state index contributed by atoms with van der Waals surface area (Å²) in [4.78, 5) is 8.49. The molecule has 16 heavy (non-hydrogen) atoms. The Morgan fingerprint density at radius 1 is 1.31 bits per heavy atom. The summed E-state index contributed by atoms with van der Waals surface area (Å²) in [5.74, 6) is 0.303. The number of aromatic hydroxyl groups is 1. The molecule has 1 aromatic rings. The van der Waals surface area contributed by atoms with Gasteiger partial charge in [-0.2, -0.15) is 0 Å². The van der Waals surface area contributed by atoms with Gasteiger partial charge in [-0.3, -0.25) is 9.98 Å². The summed E-state index contributed by atoms with van der Waals surface area (Å²) >= 11 is 0. The third kappa shape index (κ3) is 3.05. The predicted octanol–water partition coefficient (Wildman–Crippen LogP) is 2.01. The van der Waals surface area contributed by atoms with Crippen molar-refractivity contribution >= 4 is 12.4 Å². The van der Waals surface area contributed by atoms with Crippen LogP contribution in [0.15, 0.2) is 46.4 Å². The lowest BCUT2D eigenvalue weighted by Crippen LogP contribution is -1.99. The maximum atomic E-state index is 9.12. The molecule has 0 spiro atoms. The number of phenols is 1. The van der Waals surface area contributed by atoms with Crippen molar-refractivity contribution in [3.63, 3.8) is 0 Å². The number of hydrogen-bond acceptors (Lipinski definition) is 3. The molecular formula is C13H14N2O. The second-order valence-corrected chi connectivity index (χ2v) is 3.65. The number of hydrogen-bond donors (Lipinski definition) is 1. The van der Waals surface area contributed by atoms with E-state index in [2.05, 4.69) is 9.98 Å². The molecule has 1 unspecified atom stereocenters. The van der Waals surface area contributed by atoms with Crippen LogP contribution in [0, 0.1) is 0 Å². The molecule has 0 fully saturated rings. The zero-order valence-electron chi connectivity index (χ0n) is 8.95. The average Bonchev–Trinajstić information content (AvgIpc) is 2.80. The summed E-state index contributed by atoms with van der Waals surface area (Å²) in [5, 5.41) is 9.12. The summed E-state index contributed by atoms with van der Waals surface area (Å²) < 4.78 is 0. The Balaban J connectivity index is 1.77. The first kappa shape index (κ1) is 10.6. The van der Waals surface area contributed by atoms with Crippen molar-refractivity contribution in [2.75, 3.05) is 6.54 Å². The van der Waals surface area contributed by atoms with Crippen molar-refractivity contribution in [2.45, 2.75) is 12.5 Å². The molecule has 1 N–H and O–H groups in total. The van der Waals surface area contributed by atoms with E-state index >= 15 is 0 Å². The predicted molar refractivity (Wildman–Crippen MR) is 66.6 cm³/mol. The fourth-order valence-electron chi connectivity index (χ4n) is 1.49. The highest BCUT2D eigenvalue weighted by molar-refractivity contribution is 5.81. The van der Waals surface area contributed by atoms with Gasteiger partial charge >= 0.3 is 0 Å². The highest BCUT2D eigenvalue weighted by Crippen LogP contribution is 2.09. The number of aliphatic imine (C=N–C) groups is 2. The summed E-state index contributed by atoms with van der Waals surface area (Å²) in [6, 6.07) is 7.35. The van der Waals surface area contributed by atoms with Gasteiger partial charge in [-0.05, 0) is 30.2 Å². The van der Waals surface area contributed by atoms with E-state index in [4.69, 9.17) is 5.11 Å². The molecule has 3 nitrogen and oxygen atoms in total. The lowest BCUT2D eigenvalue weighted by molar-refractivity contribution is 0.475. The smallest absolute Gasteiger partial charge is 0.115 e. The normalized spacial score (nSPS) is 18.6. The second-order valence-electron chi connectivity index (χ2n) is 3.65. The van der Waals surface area contributed by atoms with Crippen molar-refractivity contribution in [1.29, 1.82) is 0 Å². The van der Waals surface area contributed by atoms with Crippen LogP contribution in [0.25, 0.3) is 0 Å². The van der Waals surface area contributed by atoms with Crippen LogP contribution in [0.5, 0.6) is 5.75 Å². The van der Waals surface area contributed by atoms with Gasteiger partial charge < -0.3 is 5.11 Å². The molecule has 0 saturated heterocycles. The van der Waals surface area contributed by atoms with Crippen LogP contribution in [0.1, 0.15) is 5.56 Å². The van der Waals surface area contributed by atoms with E-state index in [1.807, 2.05) is 30.5 Å². The minimum Gasteiger partial charge on any atom is -0.508 e. The molecule has 1 aliphatic heterocycles. The third-order valence-corrected chi connectivity index (χ3v) is 2.38. The molecule has 0 saturated carbocycles. The summed E-state index contributed by atoms with van der Waals surface area (Å²) in [6.45, 7) is 0.755. The quantitative estimate of drug-likeness (QED) is 0.766. The minimum atomic E-state index is 0.125. The molecule has 0 aromatic heterocycles. The Morgan fingerprint density at radius 2 is 2.12 bits per heavy atom. The first-order valence-corrected chi connectivity index (χ1v) is 5.32. The number of rotatable bonds is 4. The van der Waals surface area contributed by atoms with Crippen LogP contribution in [0.4, 0.5) is 0 Å². The second kappa shape index (κ2) is 5.26. The van der Waals surface area contributed by atoms with Crippen LogP contribution < -0.4 is 0 Å². The first-order chi connectivity index (χ1) is 7.84. The number of phenolic OH excluding ortho intramolecular Hbond substituents is 1. The largest absolute Gasteiger partial charge is 0.508 e. The van der Waals surface area contributed by atoms with Crippen molar-refractivity contribution < 1.29 is 5.11 Å². The van der Waals surface area contributed by atoms with Gasteiger partial charge in [-0.25, -0.2) is 0 Å². The van der Waals surface area contributed by atoms with E-state index in [0.29, 0.717) is 5.75 Å². The molecule has 82 valence electrons. The van der Waals surface area contributed by atoms with E-state index in [1.54, 1.807) is 18.3 Å². The molecule has 0 bridgehead atoms. The Kier molecular flexibility index (Phi) is 3.49. The fraction of sp³-hybridized carbons (Fsp3) is 0.231. The maximum Gasteiger partial charge on any atom is 0.115 e. The number of benzene rings is 1. The molecule has 0 radical (unpaired) electrons. The van der Waals surface area contributed by atoms with Crippen LogP contribution in [0.3, 0.4) is 0 Å². The fourth-order valence-corrected chi connectivity index (χ4v) is 1.49. The van der Waals surface area contributed by atoms with Crippen LogP contribution in [0.2, 0.25) is 0 Å². The topological polar surface area (TPSA) is 45.0 Å².